The van der Waals surface area contributed by atoms with Crippen molar-refractivity contribution in [3.05, 3.63) is 87.6 Å². The lowest BCUT2D eigenvalue weighted by molar-refractivity contribution is -0.125. The highest BCUT2D eigenvalue weighted by molar-refractivity contribution is 6.36. The summed E-state index contributed by atoms with van der Waals surface area (Å²) in [5.74, 6) is 0.531. The molecule has 2 aromatic carbocycles. The summed E-state index contributed by atoms with van der Waals surface area (Å²) in [6.45, 7) is 0.405. The number of nitriles is 1. The van der Waals surface area contributed by atoms with Gasteiger partial charge in [-0.25, -0.2) is 0 Å². The number of nitrogens with zero attached hydrogens (tertiary/aromatic N) is 2. The monoisotopic (exact) mass is 410 g/mol. The Morgan fingerprint density at radius 1 is 1.14 bits per heavy atom. The largest absolute Gasteiger partial charge is 0.457 e. The van der Waals surface area contributed by atoms with Gasteiger partial charge >= 0.3 is 0 Å². The highest BCUT2D eigenvalue weighted by atomic mass is 35.5. The number of halogens is 2. The Bertz CT molecular complexity index is 1070. The fourth-order valence-electron chi connectivity index (χ4n) is 2.68. The van der Waals surface area contributed by atoms with E-state index in [9.17, 15) is 10.1 Å². The Kier molecular flexibility index (Phi) is 6.20. The second-order valence-electron chi connectivity index (χ2n) is 6.14. The average molecular weight is 411 g/mol. The molecular weight excluding hydrogens is 395 g/mol. The molecule has 1 heterocycles. The van der Waals surface area contributed by atoms with E-state index in [2.05, 4.69) is 0 Å². The number of carbonyl (C=O) groups excluding carboxylic acids is 1. The maximum absolute atomic E-state index is 12.6. The molecule has 0 fully saturated rings. The van der Waals surface area contributed by atoms with Crippen molar-refractivity contribution in [2.45, 2.75) is 6.54 Å². The van der Waals surface area contributed by atoms with Gasteiger partial charge in [-0.3, -0.25) is 4.79 Å². The van der Waals surface area contributed by atoms with Gasteiger partial charge in [0.15, 0.2) is 0 Å². The number of amides is 1. The molecule has 0 atom stereocenters. The molecule has 0 spiro atoms. The minimum absolute atomic E-state index is 0.0125. The number of hydrogen-bond donors (Lipinski definition) is 0. The molecule has 3 rings (SSSR count). The highest BCUT2D eigenvalue weighted by Crippen LogP contribution is 2.32. The van der Waals surface area contributed by atoms with Gasteiger partial charge in [-0.1, -0.05) is 53.5 Å². The molecule has 4 nitrogen and oxygen atoms in total. The summed E-state index contributed by atoms with van der Waals surface area (Å²) in [5, 5.41) is 10.4. The molecule has 1 amide bonds. The topological polar surface area (TPSA) is 57.2 Å². The molecule has 0 aliphatic heterocycles. The first-order valence-electron chi connectivity index (χ1n) is 8.44. The first-order valence-corrected chi connectivity index (χ1v) is 9.20. The average Bonchev–Trinajstić information content (AvgIpc) is 3.14. The van der Waals surface area contributed by atoms with Crippen LogP contribution in [0.15, 0.2) is 70.7 Å². The maximum Gasteiger partial charge on any atom is 0.264 e. The first kappa shape index (κ1) is 19.8. The molecule has 6 heteroatoms. The zero-order valence-corrected chi connectivity index (χ0v) is 16.5. The van der Waals surface area contributed by atoms with Crippen LogP contribution in [-0.4, -0.2) is 17.9 Å². The van der Waals surface area contributed by atoms with Crippen molar-refractivity contribution in [2.75, 3.05) is 7.05 Å². The summed E-state index contributed by atoms with van der Waals surface area (Å²) in [6, 6.07) is 20.0. The standard InChI is InChI=1S/C22H16Cl2N2O2/c1-26(14-15-5-3-2-4-6-15)22(27)16(13-25)11-18-8-10-21(28-18)19-9-7-17(23)12-20(19)24/h2-12H,14H2,1H3/b16-11-. The summed E-state index contributed by atoms with van der Waals surface area (Å²) in [6.07, 6.45) is 1.43. The summed E-state index contributed by atoms with van der Waals surface area (Å²) in [4.78, 5) is 14.1. The molecule has 0 aliphatic carbocycles. The molecule has 0 bridgehead atoms. The Morgan fingerprint density at radius 3 is 2.57 bits per heavy atom. The van der Waals surface area contributed by atoms with E-state index in [1.54, 1.807) is 37.4 Å². The van der Waals surface area contributed by atoms with Crippen LogP contribution in [0.5, 0.6) is 0 Å². The molecule has 0 saturated carbocycles. The SMILES string of the molecule is CN(Cc1ccccc1)C(=O)/C(C#N)=C\c1ccc(-c2ccc(Cl)cc2Cl)o1. The van der Waals surface area contributed by atoms with Gasteiger partial charge in [0.05, 0.1) is 5.02 Å². The second kappa shape index (κ2) is 8.79. The van der Waals surface area contributed by atoms with Gasteiger partial charge < -0.3 is 9.32 Å². The van der Waals surface area contributed by atoms with Crippen molar-refractivity contribution in [3.63, 3.8) is 0 Å². The van der Waals surface area contributed by atoms with Crippen LogP contribution in [0.2, 0.25) is 10.0 Å². The second-order valence-corrected chi connectivity index (χ2v) is 6.99. The van der Waals surface area contributed by atoms with Crippen molar-refractivity contribution in [3.8, 4) is 17.4 Å². The van der Waals surface area contributed by atoms with Crippen molar-refractivity contribution in [1.82, 2.24) is 4.90 Å². The van der Waals surface area contributed by atoms with Gasteiger partial charge in [-0.2, -0.15) is 5.26 Å². The van der Waals surface area contributed by atoms with Crippen LogP contribution < -0.4 is 0 Å². The van der Waals surface area contributed by atoms with Crippen LogP contribution >= 0.6 is 23.2 Å². The fourth-order valence-corrected chi connectivity index (χ4v) is 3.18. The lowest BCUT2D eigenvalue weighted by Gasteiger charge is -2.16. The Labute approximate surface area is 173 Å². The minimum Gasteiger partial charge on any atom is -0.457 e. The quantitative estimate of drug-likeness (QED) is 0.393. The number of hydrogen-bond acceptors (Lipinski definition) is 3. The summed E-state index contributed by atoms with van der Waals surface area (Å²) in [7, 11) is 1.65. The van der Waals surface area contributed by atoms with Crippen molar-refractivity contribution in [1.29, 1.82) is 5.26 Å². The molecular formula is C22H16Cl2N2O2. The van der Waals surface area contributed by atoms with Crippen molar-refractivity contribution in [2.24, 2.45) is 0 Å². The summed E-state index contributed by atoms with van der Waals surface area (Å²) < 4.78 is 5.75. The van der Waals surface area contributed by atoms with E-state index in [1.165, 1.54) is 11.0 Å². The molecule has 28 heavy (non-hydrogen) atoms. The van der Waals surface area contributed by atoms with Crippen LogP contribution in [0.25, 0.3) is 17.4 Å². The van der Waals surface area contributed by atoms with Gasteiger partial charge in [-0.05, 0) is 35.9 Å². The number of benzene rings is 2. The minimum atomic E-state index is -0.381. The van der Waals surface area contributed by atoms with Crippen molar-refractivity contribution < 1.29 is 9.21 Å². The summed E-state index contributed by atoms with van der Waals surface area (Å²) in [5.41, 5.74) is 1.64. The number of likely N-dealkylation sites (N-methyl/N-ethyl adjacent to an activating group) is 1. The first-order chi connectivity index (χ1) is 13.5. The zero-order chi connectivity index (χ0) is 20.1. The number of rotatable bonds is 5. The molecule has 1 aromatic heterocycles. The van der Waals surface area contributed by atoms with E-state index in [1.807, 2.05) is 36.4 Å². The Balaban J connectivity index is 1.80. The van der Waals surface area contributed by atoms with Crippen LogP contribution in [0.3, 0.4) is 0 Å². The molecule has 0 aliphatic rings. The van der Waals surface area contributed by atoms with Gasteiger partial charge in [0, 0.05) is 30.3 Å². The van der Waals surface area contributed by atoms with E-state index in [0.29, 0.717) is 33.7 Å². The van der Waals surface area contributed by atoms with Crippen molar-refractivity contribution >= 4 is 35.2 Å². The molecule has 0 N–H and O–H groups in total. The predicted molar refractivity (Wildman–Crippen MR) is 111 cm³/mol. The molecule has 3 aromatic rings. The van der Waals surface area contributed by atoms with Gasteiger partial charge in [0.25, 0.3) is 5.91 Å². The smallest absolute Gasteiger partial charge is 0.264 e. The lowest BCUT2D eigenvalue weighted by Crippen LogP contribution is -2.27. The highest BCUT2D eigenvalue weighted by Gasteiger charge is 2.16. The Morgan fingerprint density at radius 2 is 1.89 bits per heavy atom. The van der Waals surface area contributed by atoms with Gasteiger partial charge in [0.1, 0.15) is 23.2 Å². The lowest BCUT2D eigenvalue weighted by atomic mass is 10.1. The number of furan rings is 1. The molecule has 0 saturated heterocycles. The van der Waals surface area contributed by atoms with E-state index in [4.69, 9.17) is 27.6 Å². The molecule has 140 valence electrons. The predicted octanol–water partition coefficient (Wildman–Crippen LogP) is 5.82. The maximum atomic E-state index is 12.6. The third kappa shape index (κ3) is 4.64. The summed E-state index contributed by atoms with van der Waals surface area (Å²) >= 11 is 12.1. The molecule has 0 unspecified atom stereocenters. The van der Waals surface area contributed by atoms with Crippen LogP contribution in [0.1, 0.15) is 11.3 Å². The number of carbonyl (C=O) groups is 1. The Hall–Kier alpha value is -3.00. The van der Waals surface area contributed by atoms with E-state index < -0.39 is 0 Å². The van der Waals surface area contributed by atoms with Crippen LogP contribution in [0, 0.1) is 11.3 Å². The van der Waals surface area contributed by atoms with Crippen LogP contribution in [-0.2, 0) is 11.3 Å². The normalized spacial score (nSPS) is 11.1. The van der Waals surface area contributed by atoms with E-state index >= 15 is 0 Å². The fraction of sp³-hybridized carbons (Fsp3) is 0.0909. The van der Waals surface area contributed by atoms with Crippen LogP contribution in [0.4, 0.5) is 0 Å². The zero-order valence-electron chi connectivity index (χ0n) is 15.0. The third-order valence-corrected chi connectivity index (χ3v) is 4.62. The third-order valence-electron chi connectivity index (χ3n) is 4.07. The van der Waals surface area contributed by atoms with Gasteiger partial charge in [0.2, 0.25) is 0 Å². The van der Waals surface area contributed by atoms with E-state index in [-0.39, 0.29) is 11.5 Å². The van der Waals surface area contributed by atoms with E-state index in [0.717, 1.165) is 5.56 Å². The molecule has 0 radical (unpaired) electrons. The van der Waals surface area contributed by atoms with Gasteiger partial charge in [-0.15, -0.1) is 0 Å².